The largest absolute Gasteiger partial charge is 0.352 e. The van der Waals surface area contributed by atoms with Gasteiger partial charge in [0.15, 0.2) is 11.6 Å². The van der Waals surface area contributed by atoms with Crippen molar-refractivity contribution in [3.05, 3.63) is 70.8 Å². The Morgan fingerprint density at radius 3 is 1.70 bits per heavy atom. The predicted molar refractivity (Wildman–Crippen MR) is 269 cm³/mol. The van der Waals surface area contributed by atoms with Gasteiger partial charge in [0, 0.05) is 43.1 Å². The van der Waals surface area contributed by atoms with Crippen LogP contribution in [0.1, 0.15) is 146 Å². The maximum absolute atomic E-state index is 14.7. The lowest BCUT2D eigenvalue weighted by molar-refractivity contribution is -0.144. The van der Waals surface area contributed by atoms with Gasteiger partial charge in [-0.2, -0.15) is 0 Å². The minimum absolute atomic E-state index is 0.00669. The summed E-state index contributed by atoms with van der Waals surface area (Å²) in [5.41, 5.74) is 2.14. The predicted octanol–water partition coefficient (Wildman–Crippen LogP) is 4.51. The molecule has 16 nitrogen and oxygen atoms in total. The molecule has 0 spiro atoms. The number of likely N-dealkylation sites (tertiary alicyclic amines) is 2. The number of hydrogen-bond acceptors (Lipinski definition) is 10. The van der Waals surface area contributed by atoms with Crippen LogP contribution in [0.15, 0.2) is 48.5 Å². The number of rotatable bonds is 20. The Kier molecular flexibility index (Phi) is 19.1. The van der Waals surface area contributed by atoms with Crippen LogP contribution in [-0.2, 0) is 35.2 Å². The molecule has 6 amide bonds. The van der Waals surface area contributed by atoms with Crippen molar-refractivity contribution in [3.8, 4) is 0 Å². The van der Waals surface area contributed by atoms with Crippen molar-refractivity contribution in [3.63, 3.8) is 0 Å². The molecule has 16 heteroatoms. The van der Waals surface area contributed by atoms with Gasteiger partial charge in [-0.25, -0.2) is 0 Å². The van der Waals surface area contributed by atoms with E-state index in [0.717, 1.165) is 24.8 Å². The number of nitrogens with zero attached hydrogens (tertiary/aromatic N) is 2. The van der Waals surface area contributed by atoms with Gasteiger partial charge in [0.05, 0.1) is 18.1 Å². The van der Waals surface area contributed by atoms with Gasteiger partial charge in [-0.15, -0.1) is 0 Å². The molecular formula is C54H80N8O8. The van der Waals surface area contributed by atoms with Crippen molar-refractivity contribution in [1.29, 1.82) is 0 Å². The quantitative estimate of drug-likeness (QED) is 0.102. The lowest BCUT2D eigenvalue weighted by atomic mass is 9.85. The normalized spacial score (nSPS) is 22.3. The van der Waals surface area contributed by atoms with Crippen LogP contribution in [0.2, 0.25) is 0 Å². The van der Waals surface area contributed by atoms with E-state index < -0.39 is 53.5 Å². The molecule has 70 heavy (non-hydrogen) atoms. The fourth-order valence-electron chi connectivity index (χ4n) is 9.73. The Morgan fingerprint density at radius 1 is 0.643 bits per heavy atom. The Balaban J connectivity index is 1.34. The molecule has 2 saturated heterocycles. The van der Waals surface area contributed by atoms with E-state index in [1.54, 1.807) is 52.2 Å². The van der Waals surface area contributed by atoms with E-state index >= 15 is 0 Å². The average molecular weight is 969 g/mol. The van der Waals surface area contributed by atoms with Crippen LogP contribution in [0.5, 0.6) is 0 Å². The Morgan fingerprint density at radius 2 is 1.17 bits per heavy atom. The molecule has 5 rings (SSSR count). The number of ketones is 2. The van der Waals surface area contributed by atoms with E-state index in [1.807, 2.05) is 73.6 Å². The molecule has 0 saturated carbocycles. The van der Waals surface area contributed by atoms with Gasteiger partial charge in [0.1, 0.15) is 24.2 Å². The van der Waals surface area contributed by atoms with E-state index in [-0.39, 0.29) is 110 Å². The van der Waals surface area contributed by atoms with Crippen LogP contribution in [0, 0.1) is 29.1 Å². The summed E-state index contributed by atoms with van der Waals surface area (Å²) in [6, 6.07) is 9.46. The number of hydrogen-bond donors (Lipinski definition) is 6. The van der Waals surface area contributed by atoms with Gasteiger partial charge in [-0.1, -0.05) is 90.9 Å². The molecule has 2 aromatic rings. The molecule has 2 heterocycles. The highest BCUT2D eigenvalue weighted by Gasteiger charge is 2.47. The lowest BCUT2D eigenvalue weighted by Crippen LogP contribution is -2.59. The first-order valence-electron chi connectivity index (χ1n) is 25.4. The molecule has 10 atom stereocenters. The second kappa shape index (κ2) is 24.1. The summed E-state index contributed by atoms with van der Waals surface area (Å²) < 4.78 is 0. The van der Waals surface area contributed by atoms with Crippen LogP contribution in [-0.4, -0.2) is 126 Å². The van der Waals surface area contributed by atoms with Crippen molar-refractivity contribution < 1.29 is 38.4 Å². The second-order valence-corrected chi connectivity index (χ2v) is 21.8. The van der Waals surface area contributed by atoms with Crippen LogP contribution in [0.3, 0.4) is 0 Å². The second-order valence-electron chi connectivity index (χ2n) is 21.8. The minimum Gasteiger partial charge on any atom is -0.352 e. The van der Waals surface area contributed by atoms with Crippen molar-refractivity contribution >= 4 is 47.0 Å². The first kappa shape index (κ1) is 55.4. The highest BCUT2D eigenvalue weighted by Crippen LogP contribution is 2.35. The first-order chi connectivity index (χ1) is 32.9. The maximum Gasteiger partial charge on any atom is 0.246 e. The molecule has 2 aromatic carbocycles. The summed E-state index contributed by atoms with van der Waals surface area (Å²) in [5.74, 6) is -3.53. The van der Waals surface area contributed by atoms with E-state index in [0.29, 0.717) is 11.1 Å². The van der Waals surface area contributed by atoms with Crippen LogP contribution < -0.4 is 31.9 Å². The zero-order valence-corrected chi connectivity index (χ0v) is 43.6. The van der Waals surface area contributed by atoms with Crippen molar-refractivity contribution in [2.45, 2.75) is 163 Å². The van der Waals surface area contributed by atoms with Crippen LogP contribution in [0.25, 0.3) is 0 Å². The molecule has 2 aliphatic heterocycles. The maximum atomic E-state index is 14.7. The summed E-state index contributed by atoms with van der Waals surface area (Å²) >= 11 is 0. The highest BCUT2D eigenvalue weighted by molar-refractivity contribution is 6.02. The lowest BCUT2D eigenvalue weighted by Gasteiger charge is -2.36. The average Bonchev–Trinajstić information content (AvgIpc) is 3.95. The monoisotopic (exact) mass is 969 g/mol. The number of fused-ring (bicyclic) bond motifs is 1. The van der Waals surface area contributed by atoms with Gasteiger partial charge in [-0.3, -0.25) is 38.4 Å². The fourth-order valence-corrected chi connectivity index (χ4v) is 9.73. The third kappa shape index (κ3) is 13.7. The van der Waals surface area contributed by atoms with Gasteiger partial charge in [-0.05, 0) is 113 Å². The summed E-state index contributed by atoms with van der Waals surface area (Å²) in [5, 5.41) is 17.9. The van der Waals surface area contributed by atoms with Crippen LogP contribution in [0.4, 0.5) is 0 Å². The number of Topliss-reactive ketones (excluding diaryl/α,β-unsaturated/α-hetero) is 2. The van der Waals surface area contributed by atoms with Gasteiger partial charge in [0.2, 0.25) is 35.4 Å². The van der Waals surface area contributed by atoms with E-state index in [2.05, 4.69) is 38.0 Å². The Labute approximate surface area is 415 Å². The zero-order chi connectivity index (χ0) is 51.8. The van der Waals surface area contributed by atoms with Crippen molar-refractivity contribution in [2.75, 3.05) is 27.2 Å². The zero-order valence-electron chi connectivity index (χ0n) is 43.6. The molecule has 0 unspecified atom stereocenters. The summed E-state index contributed by atoms with van der Waals surface area (Å²) in [4.78, 5) is 115. The Hall–Kier alpha value is -5.48. The van der Waals surface area contributed by atoms with Crippen molar-refractivity contribution in [1.82, 2.24) is 41.7 Å². The number of carbonyl (C=O) groups is 8. The number of amides is 6. The SMILES string of the molecule is CN[C@@H](C)C(=O)N[C@H](C(=O)N1C[C@@H](CC(=O)c2cccc(C(=O)C[C@H]3C[C@@H](C(=O)N[C@@H]4CCCc5ccccc54)N(C(=O)[C@@H](NC(=O)[C@H](C)NC)C(C)(C)C)C3)c2)C[C@H]1C(=O)N[C@H](C)C(C)C)C(C)C. The number of likely N-dealkylation sites (N-methyl/N-ethyl adjacent to an activating group) is 2. The number of aryl methyl sites for hydroxylation is 1. The molecule has 0 radical (unpaired) electrons. The molecular weight excluding hydrogens is 889 g/mol. The third-order valence-electron chi connectivity index (χ3n) is 14.7. The first-order valence-corrected chi connectivity index (χ1v) is 25.4. The molecule has 6 N–H and O–H groups in total. The van der Waals surface area contributed by atoms with Gasteiger partial charge < -0.3 is 41.7 Å². The topological polar surface area (TPSA) is 215 Å². The van der Waals surface area contributed by atoms with Crippen LogP contribution >= 0.6 is 0 Å². The molecule has 3 aliphatic rings. The summed E-state index contributed by atoms with van der Waals surface area (Å²) in [6.45, 7) is 18.8. The highest BCUT2D eigenvalue weighted by atomic mass is 16.2. The Bertz CT molecular complexity index is 2240. The van der Waals surface area contributed by atoms with E-state index in [9.17, 15) is 38.4 Å². The third-order valence-corrected chi connectivity index (χ3v) is 14.7. The van der Waals surface area contributed by atoms with E-state index in [1.165, 1.54) is 15.4 Å². The van der Waals surface area contributed by atoms with E-state index in [4.69, 9.17) is 0 Å². The minimum atomic E-state index is -0.957. The smallest absolute Gasteiger partial charge is 0.246 e. The van der Waals surface area contributed by atoms with Gasteiger partial charge >= 0.3 is 0 Å². The number of carbonyl (C=O) groups excluding carboxylic acids is 8. The molecule has 1 aliphatic carbocycles. The molecule has 384 valence electrons. The standard InChI is InChI=1S/C54H80N8O8/c1-30(2)32(5)57-50(67)42-23-35(28-61(42)52(69)46(31(3)4)59-48(65)33(6)55-11)25-44(63)38-19-15-20-39(27-38)45(64)26-36-24-43(51(68)58-41-22-16-18-37-17-13-14-21-40(37)41)62(29-36)53(70)47(54(8,9)10)60-49(66)34(7)56-12/h13-15,17,19-21,27,30-36,41-43,46-47,55-56H,16,18,22-26,28-29H2,1-12H3,(H,57,67)(H,58,68)(H,59,65)(H,60,66)/t32-,33+,34+,35-,36-,41-,42+,43+,46+,47-/m1/s1. The summed E-state index contributed by atoms with van der Waals surface area (Å²) in [7, 11) is 3.32. The molecule has 0 bridgehead atoms. The molecule has 0 aromatic heterocycles. The van der Waals surface area contributed by atoms with Gasteiger partial charge in [0.25, 0.3) is 0 Å². The fraction of sp³-hybridized carbons (Fsp3) is 0.630. The number of benzene rings is 2. The van der Waals surface area contributed by atoms with Crippen molar-refractivity contribution in [2.24, 2.45) is 29.1 Å². The summed E-state index contributed by atoms with van der Waals surface area (Å²) in [6.07, 6.45) is 3.06. The molecule has 2 fully saturated rings. The number of nitrogens with one attached hydrogen (secondary N) is 6.